The molecule has 5 aliphatic heterocycles. The highest BCUT2D eigenvalue weighted by atomic mass is 19.4. The first-order chi connectivity index (χ1) is 26.1. The van der Waals surface area contributed by atoms with E-state index in [0.717, 1.165) is 73.8 Å². The molecule has 5 amide bonds. The van der Waals surface area contributed by atoms with E-state index in [2.05, 4.69) is 35.3 Å². The highest BCUT2D eigenvalue weighted by molar-refractivity contribution is 6.23. The number of carbonyl (C=O) groups excluding carboxylic acids is 5. The molecule has 17 heteroatoms. The normalized spacial score (nSPS) is 23.3. The standard InChI is InChI=1S/C38H38F3N9O5/c1-37(2,36(55)44-21-4-7-30(42-3)29(14-21)38(39,40)41)49-20-26(17-43-49)46-12-10-22(11-13-46)47-18-25-15-24(47)19-48(25)23-5-6-27-28(16-23)35(54)50(34(27)53)31-8-9-32(51)45-33(31)52/h4-7,14,16-17,20,22,24-25,31H,8-13,15,18-19H2,1-2H3,(H,44,55)(H,45,51,52). The average molecular weight is 758 g/mol. The lowest BCUT2D eigenvalue weighted by molar-refractivity contribution is -0.137. The minimum Gasteiger partial charge on any atom is -0.369 e. The summed E-state index contributed by atoms with van der Waals surface area (Å²) in [4.78, 5) is 75.0. The molecular formula is C38H38F3N9O5. The summed E-state index contributed by atoms with van der Waals surface area (Å²) in [6.45, 7) is 13.5. The van der Waals surface area contributed by atoms with Crippen LogP contribution in [-0.2, 0) is 26.1 Å². The highest BCUT2D eigenvalue weighted by Crippen LogP contribution is 2.41. The number of piperidine rings is 2. The zero-order chi connectivity index (χ0) is 39.0. The number of amides is 5. The maximum atomic E-state index is 13.5. The number of piperazine rings is 1. The molecular weight excluding hydrogens is 719 g/mol. The quantitative estimate of drug-likeness (QED) is 0.268. The van der Waals surface area contributed by atoms with Crippen molar-refractivity contribution in [1.82, 2.24) is 24.9 Å². The van der Waals surface area contributed by atoms with E-state index >= 15 is 0 Å². The Hall–Kier alpha value is -5.76. The van der Waals surface area contributed by atoms with Crippen LogP contribution in [0.15, 0.2) is 48.8 Å². The smallest absolute Gasteiger partial charge is 0.369 e. The van der Waals surface area contributed by atoms with E-state index < -0.39 is 58.5 Å². The van der Waals surface area contributed by atoms with Crippen molar-refractivity contribution in [2.24, 2.45) is 0 Å². The number of nitrogens with one attached hydrogen (secondary N) is 2. The third-order valence-electron chi connectivity index (χ3n) is 11.7. The summed E-state index contributed by atoms with van der Waals surface area (Å²) >= 11 is 0. The van der Waals surface area contributed by atoms with Crippen molar-refractivity contribution in [2.75, 3.05) is 41.3 Å². The van der Waals surface area contributed by atoms with Gasteiger partial charge >= 0.3 is 6.18 Å². The number of hydrogen-bond acceptors (Lipinski definition) is 9. The van der Waals surface area contributed by atoms with Crippen LogP contribution in [0.5, 0.6) is 0 Å². The van der Waals surface area contributed by atoms with Gasteiger partial charge in [-0.2, -0.15) is 18.3 Å². The van der Waals surface area contributed by atoms with Crippen LogP contribution in [0, 0.1) is 6.57 Å². The second kappa shape index (κ2) is 13.2. The molecule has 1 aromatic heterocycles. The van der Waals surface area contributed by atoms with Gasteiger partial charge in [0.05, 0.1) is 35.1 Å². The summed E-state index contributed by atoms with van der Waals surface area (Å²) in [6, 6.07) is 8.32. The van der Waals surface area contributed by atoms with Gasteiger partial charge in [-0.15, -0.1) is 0 Å². The van der Waals surface area contributed by atoms with Gasteiger partial charge in [0.25, 0.3) is 17.7 Å². The molecule has 2 bridgehead atoms. The lowest BCUT2D eigenvalue weighted by Gasteiger charge is -2.43. The predicted molar refractivity (Wildman–Crippen MR) is 192 cm³/mol. The SMILES string of the molecule is [C-]#[N+]c1ccc(NC(=O)C(C)(C)n2cc(N3CCC(N4CC5CC4CN5c4ccc5c(c4)C(=O)N(C4CCC(=O)NC4=O)C5=O)CC3)cn2)cc1C(F)(F)F. The molecule has 3 unspecified atom stereocenters. The first-order valence-corrected chi connectivity index (χ1v) is 18.2. The van der Waals surface area contributed by atoms with Crippen molar-refractivity contribution in [1.29, 1.82) is 0 Å². The molecule has 0 aliphatic carbocycles. The molecule has 0 spiro atoms. The number of likely N-dealkylation sites (tertiary alicyclic amines) is 1. The lowest BCUT2D eigenvalue weighted by atomic mass is 10.0. The molecule has 4 saturated heterocycles. The number of imide groups is 2. The molecule has 286 valence electrons. The van der Waals surface area contributed by atoms with E-state index in [1.165, 1.54) is 10.7 Å². The monoisotopic (exact) mass is 757 g/mol. The van der Waals surface area contributed by atoms with Crippen LogP contribution in [0.2, 0.25) is 0 Å². The zero-order valence-corrected chi connectivity index (χ0v) is 30.1. The van der Waals surface area contributed by atoms with Crippen molar-refractivity contribution < 1.29 is 37.1 Å². The molecule has 55 heavy (non-hydrogen) atoms. The number of carbonyl (C=O) groups is 5. The summed E-state index contributed by atoms with van der Waals surface area (Å²) in [5.74, 6) is -2.64. The van der Waals surface area contributed by atoms with Gasteiger partial charge < -0.3 is 15.1 Å². The van der Waals surface area contributed by atoms with Crippen molar-refractivity contribution in [2.45, 2.75) is 81.8 Å². The topological polar surface area (TPSA) is 145 Å². The Bertz CT molecular complexity index is 2170. The molecule has 3 atom stereocenters. The van der Waals surface area contributed by atoms with Crippen molar-refractivity contribution in [3.8, 4) is 0 Å². The maximum Gasteiger partial charge on any atom is 0.407 e. The second-order valence-electron chi connectivity index (χ2n) is 15.3. The summed E-state index contributed by atoms with van der Waals surface area (Å²) in [6.07, 6.45) is 1.73. The molecule has 0 radical (unpaired) electrons. The first kappa shape index (κ1) is 36.2. The third-order valence-corrected chi connectivity index (χ3v) is 11.7. The fraction of sp³-hybridized carbons (Fsp3) is 0.447. The van der Waals surface area contributed by atoms with Crippen LogP contribution in [0.4, 0.5) is 35.9 Å². The fourth-order valence-electron chi connectivity index (χ4n) is 8.66. The van der Waals surface area contributed by atoms with Crippen molar-refractivity contribution >= 4 is 52.3 Å². The number of anilines is 3. The van der Waals surface area contributed by atoms with Crippen molar-refractivity contribution in [3.05, 3.63) is 76.9 Å². The van der Waals surface area contributed by atoms with Crippen LogP contribution >= 0.6 is 0 Å². The number of aromatic nitrogens is 2. The number of halogens is 3. The summed E-state index contributed by atoms with van der Waals surface area (Å²) in [5, 5.41) is 9.22. The van der Waals surface area contributed by atoms with Crippen LogP contribution in [0.3, 0.4) is 0 Å². The number of nitrogens with zero attached hydrogens (tertiary/aromatic N) is 7. The van der Waals surface area contributed by atoms with E-state index in [1.54, 1.807) is 38.4 Å². The number of hydrogen-bond donors (Lipinski definition) is 2. The first-order valence-electron chi connectivity index (χ1n) is 18.2. The number of benzene rings is 2. The third kappa shape index (κ3) is 6.27. The van der Waals surface area contributed by atoms with Gasteiger partial charge in [-0.05, 0) is 69.9 Å². The molecule has 14 nitrogen and oxygen atoms in total. The molecule has 0 saturated carbocycles. The maximum absolute atomic E-state index is 13.5. The average Bonchev–Trinajstić information content (AvgIpc) is 3.96. The van der Waals surface area contributed by atoms with E-state index in [0.29, 0.717) is 12.1 Å². The van der Waals surface area contributed by atoms with E-state index in [-0.39, 0.29) is 35.7 Å². The molecule has 6 heterocycles. The summed E-state index contributed by atoms with van der Waals surface area (Å²) in [7, 11) is 0. The Labute approximate surface area is 314 Å². The number of fused-ring (bicyclic) bond motifs is 3. The van der Waals surface area contributed by atoms with Crippen LogP contribution < -0.4 is 20.4 Å². The van der Waals surface area contributed by atoms with Gasteiger partial charge in [0.1, 0.15) is 11.6 Å². The van der Waals surface area contributed by atoms with E-state index in [9.17, 15) is 37.1 Å². The molecule has 5 aliphatic rings. The largest absolute Gasteiger partial charge is 0.407 e. The highest BCUT2D eigenvalue weighted by Gasteiger charge is 2.48. The molecule has 8 rings (SSSR count). The zero-order valence-electron chi connectivity index (χ0n) is 30.1. The minimum absolute atomic E-state index is 0.0655. The van der Waals surface area contributed by atoms with Crippen molar-refractivity contribution in [3.63, 3.8) is 0 Å². The Morgan fingerprint density at radius 1 is 0.927 bits per heavy atom. The minimum atomic E-state index is -4.74. The Kier molecular flexibility index (Phi) is 8.71. The van der Waals surface area contributed by atoms with Crippen LogP contribution in [-0.4, -0.2) is 99.5 Å². The van der Waals surface area contributed by atoms with Gasteiger partial charge in [0.2, 0.25) is 11.8 Å². The number of alkyl halides is 3. The molecule has 3 aromatic rings. The summed E-state index contributed by atoms with van der Waals surface area (Å²) < 4.78 is 41.9. The van der Waals surface area contributed by atoms with E-state index in [1.807, 2.05) is 6.07 Å². The molecule has 2 aromatic carbocycles. The van der Waals surface area contributed by atoms with Crippen LogP contribution in [0.1, 0.15) is 72.2 Å². The Morgan fingerprint density at radius 2 is 1.67 bits per heavy atom. The Morgan fingerprint density at radius 3 is 2.35 bits per heavy atom. The predicted octanol–water partition coefficient (Wildman–Crippen LogP) is 4.16. The lowest BCUT2D eigenvalue weighted by Crippen LogP contribution is -2.54. The second-order valence-corrected chi connectivity index (χ2v) is 15.3. The Balaban J connectivity index is 0.864. The number of rotatable bonds is 7. The molecule has 2 N–H and O–H groups in total. The van der Waals surface area contributed by atoms with Gasteiger partial charge in [-0.25, -0.2) is 4.85 Å². The van der Waals surface area contributed by atoms with Crippen LogP contribution in [0.25, 0.3) is 4.85 Å². The van der Waals surface area contributed by atoms with Gasteiger partial charge in [-0.1, -0.05) is 6.07 Å². The van der Waals surface area contributed by atoms with Gasteiger partial charge in [0, 0.05) is 68.3 Å². The van der Waals surface area contributed by atoms with E-state index in [4.69, 9.17) is 6.57 Å². The van der Waals surface area contributed by atoms with Gasteiger partial charge in [0.15, 0.2) is 5.69 Å². The van der Waals surface area contributed by atoms with Gasteiger partial charge in [-0.3, -0.25) is 43.8 Å². The summed E-state index contributed by atoms with van der Waals surface area (Å²) in [5.41, 5.74) is -0.704. The molecule has 4 fully saturated rings. The fourth-order valence-corrected chi connectivity index (χ4v) is 8.66.